The van der Waals surface area contributed by atoms with Crippen LogP contribution in [0, 0.1) is 6.92 Å². The van der Waals surface area contributed by atoms with Crippen LogP contribution in [0.5, 0.6) is 5.75 Å². The summed E-state index contributed by atoms with van der Waals surface area (Å²) in [5.74, 6) is -0.345. The second-order valence-electron chi connectivity index (χ2n) is 10.9. The largest absolute Gasteiger partial charge is 0.495 e. The zero-order valence-electron chi connectivity index (χ0n) is 25.0. The molecule has 0 saturated heterocycles. The highest BCUT2D eigenvalue weighted by Gasteiger charge is 2.34. The lowest BCUT2D eigenvalue weighted by Gasteiger charge is -2.34. The first-order valence-electron chi connectivity index (χ1n) is 14.7. The molecule has 3 aromatic rings. The number of nitrogens with zero attached hydrogens (tertiary/aromatic N) is 2. The molecule has 1 aliphatic carbocycles. The van der Waals surface area contributed by atoms with Crippen molar-refractivity contribution in [3.8, 4) is 5.75 Å². The molecule has 0 spiro atoms. The van der Waals surface area contributed by atoms with E-state index in [9.17, 15) is 18.0 Å². The van der Waals surface area contributed by atoms with Gasteiger partial charge in [0.15, 0.2) is 0 Å². The molecule has 230 valence electrons. The van der Waals surface area contributed by atoms with E-state index in [4.69, 9.17) is 16.3 Å². The van der Waals surface area contributed by atoms with Gasteiger partial charge in [-0.1, -0.05) is 80.3 Å². The maximum absolute atomic E-state index is 14.3. The first-order valence-corrected chi connectivity index (χ1v) is 16.5. The molecule has 0 bridgehead atoms. The SMILES string of the molecule is CC[C@H](C(=O)NC1CCCCC1)N(Cc1ccccc1C)C(=O)CN(c1ccc(OC)c(Cl)c1)S(=O)(=O)c1ccccc1. The van der Waals surface area contributed by atoms with Gasteiger partial charge in [0.2, 0.25) is 11.8 Å². The summed E-state index contributed by atoms with van der Waals surface area (Å²) in [7, 11) is -2.72. The van der Waals surface area contributed by atoms with Gasteiger partial charge in [-0.15, -0.1) is 0 Å². The Balaban J connectivity index is 1.73. The summed E-state index contributed by atoms with van der Waals surface area (Å²) in [6, 6.07) is 19.5. The quantitative estimate of drug-likeness (QED) is 0.262. The van der Waals surface area contributed by atoms with Gasteiger partial charge in [0.25, 0.3) is 10.0 Å². The molecule has 0 aromatic heterocycles. The highest BCUT2D eigenvalue weighted by atomic mass is 35.5. The number of hydrogen-bond donors (Lipinski definition) is 1. The number of ether oxygens (including phenoxy) is 1. The van der Waals surface area contributed by atoms with Crippen LogP contribution in [0.25, 0.3) is 0 Å². The van der Waals surface area contributed by atoms with Gasteiger partial charge in [0, 0.05) is 12.6 Å². The predicted octanol–water partition coefficient (Wildman–Crippen LogP) is 6.11. The standard InChI is InChI=1S/C33H40ClN3O5S/c1-4-30(33(39)35-26-15-7-5-8-16-26)36(22-25-14-12-11-13-24(25)2)32(38)23-37(27-19-20-31(42-3)29(34)21-27)43(40,41)28-17-9-6-10-18-28/h6,9-14,17-21,26,30H,4-5,7-8,15-16,22-23H2,1-3H3,(H,35,39)/t30-/m1/s1. The van der Waals surface area contributed by atoms with Crippen LogP contribution in [0.2, 0.25) is 5.02 Å². The van der Waals surface area contributed by atoms with Gasteiger partial charge in [0.1, 0.15) is 18.3 Å². The first-order chi connectivity index (χ1) is 20.6. The Hall–Kier alpha value is -3.56. The van der Waals surface area contributed by atoms with E-state index in [-0.39, 0.29) is 34.1 Å². The number of nitrogens with one attached hydrogen (secondary N) is 1. The van der Waals surface area contributed by atoms with Crippen LogP contribution in [0.1, 0.15) is 56.6 Å². The van der Waals surface area contributed by atoms with E-state index in [2.05, 4.69) is 5.32 Å². The van der Waals surface area contributed by atoms with Crippen molar-refractivity contribution < 1.29 is 22.7 Å². The van der Waals surface area contributed by atoms with Crippen LogP contribution in [0.4, 0.5) is 5.69 Å². The lowest BCUT2D eigenvalue weighted by atomic mass is 9.95. The molecule has 43 heavy (non-hydrogen) atoms. The third-order valence-electron chi connectivity index (χ3n) is 7.97. The second-order valence-corrected chi connectivity index (χ2v) is 13.1. The van der Waals surface area contributed by atoms with E-state index in [1.807, 2.05) is 38.1 Å². The number of aryl methyl sites for hydroxylation is 1. The number of anilines is 1. The minimum absolute atomic E-state index is 0.0299. The van der Waals surface area contributed by atoms with Gasteiger partial charge < -0.3 is 15.0 Å². The fourth-order valence-corrected chi connectivity index (χ4v) is 7.17. The number of amides is 2. The van der Waals surface area contributed by atoms with E-state index >= 15 is 0 Å². The van der Waals surface area contributed by atoms with E-state index in [0.29, 0.717) is 12.2 Å². The van der Waals surface area contributed by atoms with Crippen molar-refractivity contribution in [2.24, 2.45) is 0 Å². The Bertz CT molecular complexity index is 1510. The molecule has 0 heterocycles. The molecular weight excluding hydrogens is 586 g/mol. The van der Waals surface area contributed by atoms with Gasteiger partial charge in [-0.2, -0.15) is 0 Å². The number of methoxy groups -OCH3 is 1. The van der Waals surface area contributed by atoms with Crippen LogP contribution in [-0.2, 0) is 26.2 Å². The van der Waals surface area contributed by atoms with E-state index in [1.165, 1.54) is 30.2 Å². The second kappa shape index (κ2) is 14.8. The van der Waals surface area contributed by atoms with Crippen molar-refractivity contribution >= 4 is 39.1 Å². The van der Waals surface area contributed by atoms with Gasteiger partial charge >= 0.3 is 0 Å². The fraction of sp³-hybridized carbons (Fsp3) is 0.394. The zero-order chi connectivity index (χ0) is 31.0. The molecule has 0 radical (unpaired) electrons. The van der Waals surface area contributed by atoms with Crippen molar-refractivity contribution in [3.63, 3.8) is 0 Å². The van der Waals surface area contributed by atoms with Crippen LogP contribution < -0.4 is 14.4 Å². The van der Waals surface area contributed by atoms with Crippen molar-refractivity contribution in [2.45, 2.75) is 75.9 Å². The number of carbonyl (C=O) groups excluding carboxylic acids is 2. The highest BCUT2D eigenvalue weighted by molar-refractivity contribution is 7.92. The predicted molar refractivity (Wildman–Crippen MR) is 170 cm³/mol. The number of benzene rings is 3. The Kier molecular flexibility index (Phi) is 11.1. The maximum atomic E-state index is 14.3. The minimum Gasteiger partial charge on any atom is -0.495 e. The topological polar surface area (TPSA) is 96.0 Å². The van der Waals surface area contributed by atoms with Crippen LogP contribution >= 0.6 is 11.6 Å². The molecule has 3 aromatic carbocycles. The summed E-state index contributed by atoms with van der Waals surface area (Å²) in [5.41, 5.74) is 2.06. The van der Waals surface area contributed by atoms with E-state index in [1.54, 1.807) is 30.3 Å². The smallest absolute Gasteiger partial charge is 0.264 e. The number of carbonyl (C=O) groups is 2. The molecule has 1 aliphatic rings. The number of hydrogen-bond acceptors (Lipinski definition) is 5. The highest BCUT2D eigenvalue weighted by Crippen LogP contribution is 2.32. The number of halogens is 1. The van der Waals surface area contributed by atoms with Crippen LogP contribution in [-0.4, -0.2) is 50.9 Å². The van der Waals surface area contributed by atoms with Crippen molar-refractivity contribution in [1.82, 2.24) is 10.2 Å². The van der Waals surface area contributed by atoms with Crippen LogP contribution in [0.3, 0.4) is 0 Å². The van der Waals surface area contributed by atoms with Gasteiger partial charge in [-0.3, -0.25) is 13.9 Å². The Labute approximate surface area is 260 Å². The van der Waals surface area contributed by atoms with Gasteiger partial charge in [-0.05, 0) is 67.6 Å². The molecule has 1 atom stereocenters. The van der Waals surface area contributed by atoms with Crippen molar-refractivity contribution in [2.75, 3.05) is 18.0 Å². The summed E-state index contributed by atoms with van der Waals surface area (Å²) in [6.45, 7) is 3.45. The normalized spacial score (nSPS) is 14.5. The molecule has 1 saturated carbocycles. The van der Waals surface area contributed by atoms with Crippen molar-refractivity contribution in [1.29, 1.82) is 0 Å². The molecule has 2 amide bonds. The number of rotatable bonds is 12. The third-order valence-corrected chi connectivity index (χ3v) is 10.1. The Morgan fingerprint density at radius 3 is 2.30 bits per heavy atom. The Morgan fingerprint density at radius 2 is 1.67 bits per heavy atom. The maximum Gasteiger partial charge on any atom is 0.264 e. The average molecular weight is 626 g/mol. The Morgan fingerprint density at radius 1 is 1.00 bits per heavy atom. The van der Waals surface area contributed by atoms with E-state index in [0.717, 1.165) is 47.5 Å². The van der Waals surface area contributed by atoms with Gasteiger partial charge in [0.05, 0.1) is 22.7 Å². The lowest BCUT2D eigenvalue weighted by molar-refractivity contribution is -0.140. The molecule has 0 unspecified atom stereocenters. The molecule has 10 heteroatoms. The average Bonchev–Trinajstić information content (AvgIpc) is 3.01. The third kappa shape index (κ3) is 7.89. The zero-order valence-corrected chi connectivity index (χ0v) is 26.5. The van der Waals surface area contributed by atoms with E-state index < -0.39 is 28.5 Å². The lowest BCUT2D eigenvalue weighted by Crippen LogP contribution is -2.54. The van der Waals surface area contributed by atoms with Crippen LogP contribution in [0.15, 0.2) is 77.7 Å². The molecule has 4 rings (SSSR count). The minimum atomic E-state index is -4.19. The fourth-order valence-electron chi connectivity index (χ4n) is 5.49. The molecular formula is C33H40ClN3O5S. The van der Waals surface area contributed by atoms with Gasteiger partial charge in [-0.25, -0.2) is 8.42 Å². The first kappa shape index (κ1) is 32.4. The summed E-state index contributed by atoms with van der Waals surface area (Å²) in [4.78, 5) is 29.5. The summed E-state index contributed by atoms with van der Waals surface area (Å²) in [6.07, 6.45) is 5.47. The molecule has 0 aliphatic heterocycles. The molecule has 1 N–H and O–H groups in total. The summed E-state index contributed by atoms with van der Waals surface area (Å²) < 4.78 is 34.3. The molecule has 8 nitrogen and oxygen atoms in total. The van der Waals surface area contributed by atoms with Crippen molar-refractivity contribution in [3.05, 3.63) is 88.9 Å². The summed E-state index contributed by atoms with van der Waals surface area (Å²) in [5, 5.41) is 3.38. The monoisotopic (exact) mass is 625 g/mol. The number of sulfonamides is 1. The summed E-state index contributed by atoms with van der Waals surface area (Å²) >= 11 is 6.41. The molecule has 1 fully saturated rings.